The number of nitro benzene ring substituents is 1. The number of benzene rings is 1. The van der Waals surface area contributed by atoms with Gasteiger partial charge in [-0.25, -0.2) is 4.68 Å². The third-order valence-corrected chi connectivity index (χ3v) is 2.55. The van der Waals surface area contributed by atoms with Gasteiger partial charge in [-0.15, -0.1) is 5.10 Å². The number of hydrogen-bond acceptors (Lipinski definition) is 5. The second-order valence-electron chi connectivity index (χ2n) is 3.64. The standard InChI is InChI=1S/C11H7N5O2/c17-16(18)9-1-2-10-11(7-9)15(14-13-10)8-3-5-12-6-4-8/h1-7H. The van der Waals surface area contributed by atoms with Crippen LogP contribution in [0.1, 0.15) is 0 Å². The molecule has 0 saturated heterocycles. The van der Waals surface area contributed by atoms with Gasteiger partial charge in [0.1, 0.15) is 11.0 Å². The summed E-state index contributed by atoms with van der Waals surface area (Å²) >= 11 is 0. The van der Waals surface area contributed by atoms with Crippen molar-refractivity contribution in [2.75, 3.05) is 0 Å². The Bertz CT molecular complexity index is 723. The lowest BCUT2D eigenvalue weighted by Crippen LogP contribution is -1.97. The maximum atomic E-state index is 10.8. The van der Waals surface area contributed by atoms with Crippen LogP contribution in [-0.2, 0) is 0 Å². The van der Waals surface area contributed by atoms with Gasteiger partial charge in [0.05, 0.1) is 10.6 Å². The topological polar surface area (TPSA) is 86.7 Å². The third kappa shape index (κ3) is 1.58. The number of hydrogen-bond donors (Lipinski definition) is 0. The number of fused-ring (bicyclic) bond motifs is 1. The van der Waals surface area contributed by atoms with E-state index in [1.165, 1.54) is 12.1 Å². The van der Waals surface area contributed by atoms with E-state index in [9.17, 15) is 10.1 Å². The molecule has 0 fully saturated rings. The van der Waals surface area contributed by atoms with Crippen LogP contribution in [0.2, 0.25) is 0 Å². The summed E-state index contributed by atoms with van der Waals surface area (Å²) in [6.07, 6.45) is 3.25. The smallest absolute Gasteiger partial charge is 0.265 e. The van der Waals surface area contributed by atoms with Crippen molar-refractivity contribution >= 4 is 16.7 Å². The van der Waals surface area contributed by atoms with Gasteiger partial charge in [-0.1, -0.05) is 5.21 Å². The van der Waals surface area contributed by atoms with Crippen molar-refractivity contribution in [3.63, 3.8) is 0 Å². The second kappa shape index (κ2) is 3.88. The summed E-state index contributed by atoms with van der Waals surface area (Å²) in [6.45, 7) is 0. The van der Waals surface area contributed by atoms with Crippen molar-refractivity contribution in [2.24, 2.45) is 0 Å². The molecule has 0 radical (unpaired) electrons. The first-order valence-electron chi connectivity index (χ1n) is 5.16. The Labute approximate surface area is 101 Å². The van der Waals surface area contributed by atoms with Gasteiger partial charge in [-0.2, -0.15) is 0 Å². The van der Waals surface area contributed by atoms with E-state index in [4.69, 9.17) is 0 Å². The fourth-order valence-electron chi connectivity index (χ4n) is 1.70. The molecular formula is C11H7N5O2. The zero-order chi connectivity index (χ0) is 12.5. The van der Waals surface area contributed by atoms with E-state index in [1.54, 1.807) is 35.3 Å². The molecule has 0 amide bonds. The van der Waals surface area contributed by atoms with Crippen molar-refractivity contribution in [3.05, 3.63) is 52.8 Å². The molecule has 18 heavy (non-hydrogen) atoms. The SMILES string of the molecule is O=[N+]([O-])c1ccc2nnn(-c3ccncc3)c2c1. The van der Waals surface area contributed by atoms with Gasteiger partial charge in [0.2, 0.25) is 0 Å². The molecule has 2 aromatic heterocycles. The molecule has 0 spiro atoms. The van der Waals surface area contributed by atoms with Gasteiger partial charge in [0.25, 0.3) is 5.69 Å². The number of aromatic nitrogens is 4. The molecule has 1 aromatic carbocycles. The van der Waals surface area contributed by atoms with Crippen molar-refractivity contribution in [1.29, 1.82) is 0 Å². The highest BCUT2D eigenvalue weighted by Crippen LogP contribution is 2.21. The van der Waals surface area contributed by atoms with E-state index in [1.807, 2.05) is 0 Å². The normalized spacial score (nSPS) is 10.7. The summed E-state index contributed by atoms with van der Waals surface area (Å²) in [4.78, 5) is 14.2. The molecule has 3 rings (SSSR count). The minimum atomic E-state index is -0.441. The quantitative estimate of drug-likeness (QED) is 0.503. The summed E-state index contributed by atoms with van der Waals surface area (Å²) in [7, 11) is 0. The number of rotatable bonds is 2. The van der Waals surface area contributed by atoms with Crippen LogP contribution in [0.15, 0.2) is 42.7 Å². The fourth-order valence-corrected chi connectivity index (χ4v) is 1.70. The van der Waals surface area contributed by atoms with Crippen LogP contribution in [0.25, 0.3) is 16.7 Å². The Hall–Kier alpha value is -2.83. The minimum Gasteiger partial charge on any atom is -0.265 e. The third-order valence-electron chi connectivity index (χ3n) is 2.55. The molecule has 0 aliphatic rings. The number of nitrogens with zero attached hydrogens (tertiary/aromatic N) is 5. The highest BCUT2D eigenvalue weighted by atomic mass is 16.6. The Kier molecular flexibility index (Phi) is 2.23. The van der Waals surface area contributed by atoms with Crippen molar-refractivity contribution in [1.82, 2.24) is 20.0 Å². The van der Waals surface area contributed by atoms with Gasteiger partial charge < -0.3 is 0 Å². The maximum Gasteiger partial charge on any atom is 0.271 e. The van der Waals surface area contributed by atoms with Crippen LogP contribution in [-0.4, -0.2) is 24.9 Å². The molecule has 3 aromatic rings. The molecule has 0 aliphatic heterocycles. The van der Waals surface area contributed by atoms with E-state index in [0.29, 0.717) is 11.0 Å². The van der Waals surface area contributed by atoms with E-state index in [-0.39, 0.29) is 5.69 Å². The van der Waals surface area contributed by atoms with Crippen LogP contribution >= 0.6 is 0 Å². The van der Waals surface area contributed by atoms with Crippen LogP contribution in [0.3, 0.4) is 0 Å². The lowest BCUT2D eigenvalue weighted by atomic mass is 10.2. The Morgan fingerprint density at radius 1 is 1.17 bits per heavy atom. The highest BCUT2D eigenvalue weighted by molar-refractivity contribution is 5.78. The molecule has 0 N–H and O–H groups in total. The van der Waals surface area contributed by atoms with Crippen LogP contribution in [0.4, 0.5) is 5.69 Å². The maximum absolute atomic E-state index is 10.8. The Morgan fingerprint density at radius 3 is 2.67 bits per heavy atom. The van der Waals surface area contributed by atoms with E-state index < -0.39 is 4.92 Å². The molecule has 0 bridgehead atoms. The predicted octanol–water partition coefficient (Wildman–Crippen LogP) is 1.72. The van der Waals surface area contributed by atoms with Crippen LogP contribution in [0, 0.1) is 10.1 Å². The van der Waals surface area contributed by atoms with Crippen LogP contribution in [0.5, 0.6) is 0 Å². The van der Waals surface area contributed by atoms with Gasteiger partial charge >= 0.3 is 0 Å². The van der Waals surface area contributed by atoms with Crippen molar-refractivity contribution < 1.29 is 4.92 Å². The first-order chi connectivity index (χ1) is 8.75. The summed E-state index contributed by atoms with van der Waals surface area (Å²) in [5.41, 5.74) is 1.97. The first-order valence-corrected chi connectivity index (χ1v) is 5.16. The molecule has 7 nitrogen and oxygen atoms in total. The van der Waals surface area contributed by atoms with Gasteiger partial charge in [0, 0.05) is 24.5 Å². The number of nitro groups is 1. The molecule has 88 valence electrons. The summed E-state index contributed by atoms with van der Waals surface area (Å²) in [5.74, 6) is 0. The van der Waals surface area contributed by atoms with Gasteiger partial charge in [0.15, 0.2) is 0 Å². The zero-order valence-electron chi connectivity index (χ0n) is 9.09. The molecule has 0 aliphatic carbocycles. The average molecular weight is 241 g/mol. The molecule has 0 atom stereocenters. The van der Waals surface area contributed by atoms with E-state index >= 15 is 0 Å². The van der Waals surface area contributed by atoms with Gasteiger partial charge in [-0.05, 0) is 18.2 Å². The van der Waals surface area contributed by atoms with Crippen LogP contribution < -0.4 is 0 Å². The summed E-state index contributed by atoms with van der Waals surface area (Å²) < 4.78 is 1.55. The molecule has 0 saturated carbocycles. The molecule has 7 heteroatoms. The zero-order valence-corrected chi connectivity index (χ0v) is 9.09. The molecular weight excluding hydrogens is 234 g/mol. The monoisotopic (exact) mass is 241 g/mol. The predicted molar refractivity (Wildman–Crippen MR) is 63.3 cm³/mol. The van der Waals surface area contributed by atoms with E-state index in [2.05, 4.69) is 15.3 Å². The highest BCUT2D eigenvalue weighted by Gasteiger charge is 2.12. The second-order valence-corrected chi connectivity index (χ2v) is 3.64. The van der Waals surface area contributed by atoms with Crippen molar-refractivity contribution in [2.45, 2.75) is 0 Å². The minimum absolute atomic E-state index is 0.0140. The number of pyridine rings is 1. The number of non-ortho nitro benzene ring substituents is 1. The average Bonchev–Trinajstić information content (AvgIpc) is 2.82. The van der Waals surface area contributed by atoms with Gasteiger partial charge in [-0.3, -0.25) is 15.1 Å². The van der Waals surface area contributed by atoms with E-state index in [0.717, 1.165) is 5.69 Å². The first kappa shape index (κ1) is 10.3. The van der Waals surface area contributed by atoms with Crippen molar-refractivity contribution in [3.8, 4) is 5.69 Å². The Balaban J connectivity index is 2.24. The fraction of sp³-hybridized carbons (Fsp3) is 0. The lowest BCUT2D eigenvalue weighted by molar-refractivity contribution is -0.384. The summed E-state index contributed by atoms with van der Waals surface area (Å²) in [6, 6.07) is 7.96. The molecule has 0 unspecified atom stereocenters. The summed E-state index contributed by atoms with van der Waals surface area (Å²) in [5, 5.41) is 18.7. The molecule has 2 heterocycles. The Morgan fingerprint density at radius 2 is 1.94 bits per heavy atom. The largest absolute Gasteiger partial charge is 0.271 e. The lowest BCUT2D eigenvalue weighted by Gasteiger charge is -2.00.